The molecule has 1 fully saturated rings. The zero-order chi connectivity index (χ0) is 7.14. The highest BCUT2D eigenvalue weighted by Crippen LogP contribution is 2.43. The molecule has 0 aromatic rings. The van der Waals surface area contributed by atoms with E-state index in [1.54, 1.807) is 11.1 Å². The van der Waals surface area contributed by atoms with E-state index in [0.717, 1.165) is 5.92 Å². The first-order chi connectivity index (χ1) is 4.77. The van der Waals surface area contributed by atoms with E-state index in [4.69, 9.17) is 0 Å². The maximum Gasteiger partial charge on any atom is -0.0122 e. The lowest BCUT2D eigenvalue weighted by atomic mass is 9.96. The van der Waals surface area contributed by atoms with Crippen LogP contribution in [-0.4, -0.2) is 0 Å². The van der Waals surface area contributed by atoms with E-state index >= 15 is 0 Å². The van der Waals surface area contributed by atoms with Gasteiger partial charge in [0.2, 0.25) is 0 Å². The smallest absolute Gasteiger partial charge is 0.0122 e. The average molecular weight is 134 g/mol. The van der Waals surface area contributed by atoms with Crippen molar-refractivity contribution in [1.82, 2.24) is 0 Å². The lowest BCUT2D eigenvalue weighted by molar-refractivity contribution is 0.666. The summed E-state index contributed by atoms with van der Waals surface area (Å²) >= 11 is 0. The van der Waals surface area contributed by atoms with Crippen LogP contribution in [0.3, 0.4) is 0 Å². The van der Waals surface area contributed by atoms with Gasteiger partial charge in [-0.25, -0.2) is 0 Å². The average Bonchev–Trinajstić information content (AvgIpc) is 2.44. The summed E-state index contributed by atoms with van der Waals surface area (Å²) in [5.74, 6) is 0.917. The molecule has 0 N–H and O–H groups in total. The predicted octanol–water partition coefficient (Wildman–Crippen LogP) is 3.06. The fourth-order valence-corrected chi connectivity index (χ4v) is 2.17. The summed E-state index contributed by atoms with van der Waals surface area (Å²) in [6, 6.07) is 0. The summed E-state index contributed by atoms with van der Waals surface area (Å²) in [5.41, 5.74) is 4.86. The Bertz CT molecular complexity index is 214. The van der Waals surface area contributed by atoms with Crippen molar-refractivity contribution in [3.63, 3.8) is 0 Å². The SMILES string of the molecule is CC(C)=C1C=C2CCC1C2. The molecule has 0 spiro atoms. The standard InChI is InChI=1S/C10H14/c1-7(2)10-6-8-3-4-9(10)5-8/h6,9H,3-5H2,1-2H3. The summed E-state index contributed by atoms with van der Waals surface area (Å²) in [4.78, 5) is 0. The molecule has 1 unspecified atom stereocenters. The van der Waals surface area contributed by atoms with Gasteiger partial charge in [-0.1, -0.05) is 17.2 Å². The van der Waals surface area contributed by atoms with Gasteiger partial charge in [0.25, 0.3) is 0 Å². The van der Waals surface area contributed by atoms with E-state index in [0.29, 0.717) is 0 Å². The summed E-state index contributed by atoms with van der Waals surface area (Å²) in [6.45, 7) is 4.46. The largest absolute Gasteiger partial charge is 0.0729 e. The highest BCUT2D eigenvalue weighted by Gasteiger charge is 2.28. The van der Waals surface area contributed by atoms with Crippen molar-refractivity contribution in [3.8, 4) is 0 Å². The van der Waals surface area contributed by atoms with E-state index < -0.39 is 0 Å². The van der Waals surface area contributed by atoms with Crippen molar-refractivity contribution >= 4 is 0 Å². The predicted molar refractivity (Wildman–Crippen MR) is 43.8 cm³/mol. The molecule has 2 rings (SSSR count). The van der Waals surface area contributed by atoms with Crippen molar-refractivity contribution < 1.29 is 0 Å². The second kappa shape index (κ2) is 1.98. The molecule has 0 aliphatic heterocycles. The molecular formula is C10H14. The van der Waals surface area contributed by atoms with Gasteiger partial charge < -0.3 is 0 Å². The molecule has 1 saturated carbocycles. The number of hydrogen-bond donors (Lipinski definition) is 0. The van der Waals surface area contributed by atoms with Gasteiger partial charge in [0, 0.05) is 0 Å². The molecule has 2 bridgehead atoms. The second-order valence-corrected chi connectivity index (χ2v) is 3.70. The van der Waals surface area contributed by atoms with Crippen LogP contribution >= 0.6 is 0 Å². The minimum Gasteiger partial charge on any atom is -0.0729 e. The molecule has 0 heteroatoms. The Labute approximate surface area is 62.6 Å². The monoisotopic (exact) mass is 134 g/mol. The van der Waals surface area contributed by atoms with Gasteiger partial charge in [-0.15, -0.1) is 0 Å². The van der Waals surface area contributed by atoms with Crippen LogP contribution in [-0.2, 0) is 0 Å². The molecule has 10 heavy (non-hydrogen) atoms. The molecule has 2 aliphatic rings. The minimum absolute atomic E-state index is 0.917. The highest BCUT2D eigenvalue weighted by molar-refractivity contribution is 5.39. The van der Waals surface area contributed by atoms with E-state index in [1.165, 1.54) is 24.8 Å². The lowest BCUT2D eigenvalue weighted by Crippen LogP contribution is -1.95. The number of rotatable bonds is 0. The van der Waals surface area contributed by atoms with Crippen molar-refractivity contribution in [3.05, 3.63) is 22.8 Å². The van der Waals surface area contributed by atoms with Crippen LogP contribution < -0.4 is 0 Å². The van der Waals surface area contributed by atoms with Gasteiger partial charge in [0.05, 0.1) is 0 Å². The van der Waals surface area contributed by atoms with Gasteiger partial charge >= 0.3 is 0 Å². The second-order valence-electron chi connectivity index (χ2n) is 3.70. The lowest BCUT2D eigenvalue weighted by Gasteiger charge is -2.09. The third-order valence-electron chi connectivity index (χ3n) is 2.70. The van der Waals surface area contributed by atoms with E-state index in [9.17, 15) is 0 Å². The Hall–Kier alpha value is -0.520. The third-order valence-corrected chi connectivity index (χ3v) is 2.70. The van der Waals surface area contributed by atoms with Crippen molar-refractivity contribution in [2.45, 2.75) is 33.1 Å². The van der Waals surface area contributed by atoms with E-state index in [-0.39, 0.29) is 0 Å². The minimum atomic E-state index is 0.917. The number of hydrogen-bond acceptors (Lipinski definition) is 0. The first-order valence-electron chi connectivity index (χ1n) is 4.14. The van der Waals surface area contributed by atoms with Crippen molar-refractivity contribution in [1.29, 1.82) is 0 Å². The van der Waals surface area contributed by atoms with Gasteiger partial charge in [-0.3, -0.25) is 0 Å². The van der Waals surface area contributed by atoms with Gasteiger partial charge in [-0.2, -0.15) is 0 Å². The Balaban J connectivity index is 2.39. The van der Waals surface area contributed by atoms with Gasteiger partial charge in [0.15, 0.2) is 0 Å². The fourth-order valence-electron chi connectivity index (χ4n) is 2.17. The van der Waals surface area contributed by atoms with Crippen LogP contribution in [0, 0.1) is 5.92 Å². The quantitative estimate of drug-likeness (QED) is 0.477. The first-order valence-corrected chi connectivity index (χ1v) is 4.14. The molecule has 0 saturated heterocycles. The first kappa shape index (κ1) is 6.21. The normalized spacial score (nSPS) is 29.2. The molecule has 1 atom stereocenters. The summed E-state index contributed by atoms with van der Waals surface area (Å²) in [6.07, 6.45) is 6.60. The molecule has 0 aromatic carbocycles. The van der Waals surface area contributed by atoms with Crippen LogP contribution in [0.2, 0.25) is 0 Å². The number of allylic oxidation sites excluding steroid dienone is 4. The number of fused-ring (bicyclic) bond motifs is 2. The Morgan fingerprint density at radius 3 is 2.60 bits per heavy atom. The maximum absolute atomic E-state index is 2.42. The van der Waals surface area contributed by atoms with Crippen LogP contribution in [0.25, 0.3) is 0 Å². The third kappa shape index (κ3) is 0.749. The van der Waals surface area contributed by atoms with E-state index in [2.05, 4.69) is 19.9 Å². The topological polar surface area (TPSA) is 0 Å². The van der Waals surface area contributed by atoms with Crippen molar-refractivity contribution in [2.24, 2.45) is 5.92 Å². The van der Waals surface area contributed by atoms with Crippen LogP contribution in [0.5, 0.6) is 0 Å². The Morgan fingerprint density at radius 2 is 2.30 bits per heavy atom. The molecule has 54 valence electrons. The molecular weight excluding hydrogens is 120 g/mol. The summed E-state index contributed by atoms with van der Waals surface area (Å²) in [5, 5.41) is 0. The summed E-state index contributed by atoms with van der Waals surface area (Å²) < 4.78 is 0. The molecule has 0 radical (unpaired) electrons. The van der Waals surface area contributed by atoms with Gasteiger partial charge in [-0.05, 0) is 44.6 Å². The Kier molecular flexibility index (Phi) is 1.23. The molecule has 0 aromatic heterocycles. The Morgan fingerprint density at radius 1 is 1.50 bits per heavy atom. The molecule has 0 heterocycles. The molecule has 2 aliphatic carbocycles. The van der Waals surface area contributed by atoms with Crippen molar-refractivity contribution in [2.75, 3.05) is 0 Å². The maximum atomic E-state index is 2.42. The van der Waals surface area contributed by atoms with Crippen LogP contribution in [0.4, 0.5) is 0 Å². The van der Waals surface area contributed by atoms with Crippen LogP contribution in [0.1, 0.15) is 33.1 Å². The van der Waals surface area contributed by atoms with E-state index in [1.807, 2.05) is 0 Å². The van der Waals surface area contributed by atoms with Crippen LogP contribution in [0.15, 0.2) is 22.8 Å². The molecule has 0 amide bonds. The van der Waals surface area contributed by atoms with Gasteiger partial charge in [0.1, 0.15) is 0 Å². The summed E-state index contributed by atoms with van der Waals surface area (Å²) in [7, 11) is 0. The zero-order valence-electron chi connectivity index (χ0n) is 6.78. The highest BCUT2D eigenvalue weighted by atomic mass is 14.3. The fraction of sp³-hybridized carbons (Fsp3) is 0.600. The zero-order valence-corrected chi connectivity index (χ0v) is 6.78. The molecule has 0 nitrogen and oxygen atoms in total.